The number of rotatable bonds is 7. The largest absolute Gasteiger partial charge is 0.380 e. The van der Waals surface area contributed by atoms with Gasteiger partial charge in [0, 0.05) is 44.0 Å². The Labute approximate surface area is 238 Å². The first-order valence-electron chi connectivity index (χ1n) is 14.4. The zero-order valence-corrected chi connectivity index (χ0v) is 23.8. The maximum absolute atomic E-state index is 12.9. The normalized spacial score (nSPS) is 16.1. The second-order valence-electron chi connectivity index (χ2n) is 11.5. The Balaban J connectivity index is 1.59. The molecule has 1 N–H and O–H groups in total. The van der Waals surface area contributed by atoms with Crippen LogP contribution in [0.1, 0.15) is 17.5 Å². The van der Waals surface area contributed by atoms with Crippen molar-refractivity contribution in [2.45, 2.75) is 12.0 Å². The third-order valence-corrected chi connectivity index (χ3v) is 8.53. The average molecular weight is 530 g/mol. The van der Waals surface area contributed by atoms with Gasteiger partial charge in [0.15, 0.2) is 0 Å². The predicted molar refractivity (Wildman–Crippen MR) is 169 cm³/mol. The standard InChI is InChI=1S/C36H39N3O/c1-37(2)20-19-36(40,33-17-9-14-27-13-7-8-16-30(27)33)34-18-10-15-29-25-35(39-23-21-38(3)22-24-39)32(26-31(29)34)28-11-5-4-6-12-28/h4-18,25-26,40H,19-24H2,1-3H3. The van der Waals surface area contributed by atoms with Crippen molar-refractivity contribution in [3.63, 3.8) is 0 Å². The smallest absolute Gasteiger partial charge is 0.117 e. The van der Waals surface area contributed by atoms with E-state index in [-0.39, 0.29) is 0 Å². The first kappa shape index (κ1) is 26.5. The minimum Gasteiger partial charge on any atom is -0.380 e. The van der Waals surface area contributed by atoms with Crippen LogP contribution in [0.15, 0.2) is 103 Å². The first-order valence-corrected chi connectivity index (χ1v) is 14.4. The maximum Gasteiger partial charge on any atom is 0.117 e. The van der Waals surface area contributed by atoms with Crippen molar-refractivity contribution < 1.29 is 5.11 Å². The third kappa shape index (κ3) is 4.99. The summed E-state index contributed by atoms with van der Waals surface area (Å²) in [6, 6.07) is 36.5. The van der Waals surface area contributed by atoms with Crippen LogP contribution in [0.2, 0.25) is 0 Å². The molecule has 4 heteroatoms. The number of hydrogen-bond donors (Lipinski definition) is 1. The highest BCUT2D eigenvalue weighted by Crippen LogP contribution is 2.43. The molecule has 1 saturated heterocycles. The quantitative estimate of drug-likeness (QED) is 0.257. The SMILES string of the molecule is CN(C)CCC(O)(c1cccc2ccccc12)c1cccc2cc(N3CCN(C)CC3)c(-c3ccccc3)cc12. The number of hydrogen-bond acceptors (Lipinski definition) is 4. The number of likely N-dealkylation sites (N-methyl/N-ethyl adjacent to an activating group) is 1. The number of fused-ring (bicyclic) bond motifs is 2. The van der Waals surface area contributed by atoms with Crippen LogP contribution >= 0.6 is 0 Å². The van der Waals surface area contributed by atoms with Crippen LogP contribution in [0.3, 0.4) is 0 Å². The van der Waals surface area contributed by atoms with Crippen LogP contribution in [0, 0.1) is 0 Å². The van der Waals surface area contributed by atoms with Gasteiger partial charge in [-0.05, 0) is 77.9 Å². The molecule has 5 aromatic carbocycles. The summed E-state index contributed by atoms with van der Waals surface area (Å²) < 4.78 is 0. The van der Waals surface area contributed by atoms with Gasteiger partial charge < -0.3 is 19.8 Å². The molecule has 1 fully saturated rings. The fourth-order valence-electron chi connectivity index (χ4n) is 6.22. The van der Waals surface area contributed by atoms with Crippen LogP contribution in [-0.2, 0) is 5.60 Å². The lowest BCUT2D eigenvalue weighted by molar-refractivity contribution is 0.0658. The number of benzene rings is 5. The van der Waals surface area contributed by atoms with Gasteiger partial charge >= 0.3 is 0 Å². The monoisotopic (exact) mass is 529 g/mol. The summed E-state index contributed by atoms with van der Waals surface area (Å²) in [5.41, 5.74) is 4.46. The van der Waals surface area contributed by atoms with Crippen LogP contribution in [-0.4, -0.2) is 68.8 Å². The molecule has 0 radical (unpaired) electrons. The molecule has 40 heavy (non-hydrogen) atoms. The van der Waals surface area contributed by atoms with Crippen molar-refractivity contribution in [2.75, 3.05) is 58.8 Å². The molecule has 0 aliphatic carbocycles. The minimum atomic E-state index is -1.16. The second kappa shape index (κ2) is 11.1. The average Bonchev–Trinajstić information content (AvgIpc) is 2.99. The van der Waals surface area contributed by atoms with E-state index < -0.39 is 5.60 Å². The molecule has 5 aromatic rings. The fourth-order valence-corrected chi connectivity index (χ4v) is 6.22. The molecule has 0 saturated carbocycles. The van der Waals surface area contributed by atoms with Gasteiger partial charge in [0.2, 0.25) is 0 Å². The molecule has 0 bridgehead atoms. The van der Waals surface area contributed by atoms with Gasteiger partial charge in [0.1, 0.15) is 5.60 Å². The molecular weight excluding hydrogens is 490 g/mol. The predicted octanol–water partition coefficient (Wildman–Crippen LogP) is 6.60. The Morgan fingerprint density at radius 1 is 0.700 bits per heavy atom. The molecule has 1 heterocycles. The van der Waals surface area contributed by atoms with E-state index in [0.717, 1.165) is 65.4 Å². The van der Waals surface area contributed by atoms with Crippen molar-refractivity contribution >= 4 is 27.2 Å². The van der Waals surface area contributed by atoms with Crippen molar-refractivity contribution in [3.05, 3.63) is 114 Å². The maximum atomic E-state index is 12.9. The van der Waals surface area contributed by atoms with Crippen LogP contribution in [0.5, 0.6) is 0 Å². The zero-order valence-electron chi connectivity index (χ0n) is 23.8. The van der Waals surface area contributed by atoms with Crippen molar-refractivity contribution in [1.82, 2.24) is 9.80 Å². The number of anilines is 1. The van der Waals surface area contributed by atoms with E-state index in [9.17, 15) is 5.11 Å². The van der Waals surface area contributed by atoms with Gasteiger partial charge in [0.05, 0.1) is 0 Å². The van der Waals surface area contributed by atoms with Crippen molar-refractivity contribution in [3.8, 4) is 11.1 Å². The van der Waals surface area contributed by atoms with Crippen molar-refractivity contribution in [2.24, 2.45) is 0 Å². The lowest BCUT2D eigenvalue weighted by Crippen LogP contribution is -2.44. The summed E-state index contributed by atoms with van der Waals surface area (Å²) in [6.45, 7) is 4.88. The Morgan fingerprint density at radius 3 is 2.05 bits per heavy atom. The molecule has 1 aliphatic heterocycles. The summed E-state index contributed by atoms with van der Waals surface area (Å²) in [5, 5.41) is 17.4. The molecule has 0 aromatic heterocycles. The number of aliphatic hydroxyl groups is 1. The Bertz CT molecular complexity index is 1620. The fraction of sp³-hybridized carbons (Fsp3) is 0.278. The van der Waals surface area contributed by atoms with E-state index in [1.807, 2.05) is 0 Å². The van der Waals surface area contributed by atoms with Gasteiger partial charge in [0.25, 0.3) is 0 Å². The number of nitrogens with zero attached hydrogens (tertiary/aromatic N) is 3. The molecule has 4 nitrogen and oxygen atoms in total. The summed E-state index contributed by atoms with van der Waals surface area (Å²) in [7, 11) is 6.34. The third-order valence-electron chi connectivity index (χ3n) is 8.53. The lowest BCUT2D eigenvalue weighted by atomic mass is 9.78. The molecule has 6 rings (SSSR count). The van der Waals surface area contributed by atoms with E-state index in [1.54, 1.807) is 0 Å². The van der Waals surface area contributed by atoms with Gasteiger partial charge in [-0.15, -0.1) is 0 Å². The van der Waals surface area contributed by atoms with Gasteiger partial charge in [-0.3, -0.25) is 0 Å². The lowest BCUT2D eigenvalue weighted by Gasteiger charge is -2.36. The molecule has 0 spiro atoms. The summed E-state index contributed by atoms with van der Waals surface area (Å²) in [4.78, 5) is 7.08. The molecule has 1 unspecified atom stereocenters. The van der Waals surface area contributed by atoms with E-state index in [0.29, 0.717) is 6.42 Å². The van der Waals surface area contributed by atoms with Gasteiger partial charge in [-0.2, -0.15) is 0 Å². The van der Waals surface area contributed by atoms with Crippen LogP contribution in [0.25, 0.3) is 32.7 Å². The van der Waals surface area contributed by atoms with Gasteiger partial charge in [-0.1, -0.05) is 91.0 Å². The zero-order chi connectivity index (χ0) is 27.7. The topological polar surface area (TPSA) is 30.0 Å². The highest BCUT2D eigenvalue weighted by molar-refractivity contribution is 5.98. The van der Waals surface area contributed by atoms with E-state index in [2.05, 4.69) is 139 Å². The Kier molecular flexibility index (Phi) is 7.33. The Hall–Kier alpha value is -3.70. The summed E-state index contributed by atoms with van der Waals surface area (Å²) >= 11 is 0. The summed E-state index contributed by atoms with van der Waals surface area (Å²) in [6.07, 6.45) is 0.591. The first-order chi connectivity index (χ1) is 19.4. The molecular formula is C36H39N3O. The van der Waals surface area contributed by atoms with E-state index >= 15 is 0 Å². The second-order valence-corrected chi connectivity index (χ2v) is 11.5. The van der Waals surface area contributed by atoms with Crippen LogP contribution < -0.4 is 4.90 Å². The summed E-state index contributed by atoms with van der Waals surface area (Å²) in [5.74, 6) is 0. The Morgan fingerprint density at radius 2 is 1.32 bits per heavy atom. The van der Waals surface area contributed by atoms with E-state index in [4.69, 9.17) is 0 Å². The highest BCUT2D eigenvalue weighted by Gasteiger charge is 2.35. The molecule has 1 aliphatic rings. The molecule has 1 atom stereocenters. The number of piperazine rings is 1. The van der Waals surface area contributed by atoms with Gasteiger partial charge in [-0.25, -0.2) is 0 Å². The van der Waals surface area contributed by atoms with E-state index in [1.165, 1.54) is 16.8 Å². The van der Waals surface area contributed by atoms with Crippen molar-refractivity contribution in [1.29, 1.82) is 0 Å². The molecule has 204 valence electrons. The molecule has 0 amide bonds. The minimum absolute atomic E-state index is 0.591. The van der Waals surface area contributed by atoms with Crippen LogP contribution in [0.4, 0.5) is 5.69 Å². The highest BCUT2D eigenvalue weighted by atomic mass is 16.3.